The molecular formula is C16H25NO3. The topological polar surface area (TPSA) is 50.7 Å². The van der Waals surface area contributed by atoms with E-state index in [9.17, 15) is 5.11 Å². The molecule has 0 spiro atoms. The maximum atomic E-state index is 9.56. The van der Waals surface area contributed by atoms with Crippen LogP contribution in [0.3, 0.4) is 0 Å². The van der Waals surface area contributed by atoms with Crippen LogP contribution < -0.4 is 14.8 Å². The first kappa shape index (κ1) is 15.1. The Morgan fingerprint density at radius 3 is 2.45 bits per heavy atom. The number of methoxy groups -OCH3 is 2. The van der Waals surface area contributed by atoms with Crippen molar-refractivity contribution in [2.24, 2.45) is 0 Å². The molecule has 0 aliphatic heterocycles. The maximum absolute atomic E-state index is 9.56. The summed E-state index contributed by atoms with van der Waals surface area (Å²) in [7, 11) is 3.36. The number of benzene rings is 1. The summed E-state index contributed by atoms with van der Waals surface area (Å²) in [4.78, 5) is 0. The zero-order valence-corrected chi connectivity index (χ0v) is 12.6. The summed E-state index contributed by atoms with van der Waals surface area (Å²) >= 11 is 0. The maximum Gasteiger partial charge on any atom is 0.123 e. The number of rotatable bonds is 5. The second-order valence-electron chi connectivity index (χ2n) is 5.50. The molecule has 1 fully saturated rings. The van der Waals surface area contributed by atoms with Crippen molar-refractivity contribution < 1.29 is 14.6 Å². The second kappa shape index (κ2) is 6.95. The van der Waals surface area contributed by atoms with Crippen molar-refractivity contribution in [3.63, 3.8) is 0 Å². The highest BCUT2D eigenvalue weighted by Gasteiger charge is 2.22. The fraction of sp³-hybridized carbons (Fsp3) is 0.625. The third kappa shape index (κ3) is 3.64. The predicted molar refractivity (Wildman–Crippen MR) is 79.4 cm³/mol. The number of aliphatic hydroxyl groups is 1. The Morgan fingerprint density at radius 1 is 1.15 bits per heavy atom. The summed E-state index contributed by atoms with van der Waals surface area (Å²) in [5.74, 6) is 1.72. The molecule has 0 aromatic heterocycles. The summed E-state index contributed by atoms with van der Waals surface area (Å²) in [5.41, 5.74) is 1.11. The van der Waals surface area contributed by atoms with Crippen LogP contribution in [0.4, 0.5) is 0 Å². The van der Waals surface area contributed by atoms with Gasteiger partial charge in [0.05, 0.1) is 20.3 Å². The number of ether oxygens (including phenoxy) is 2. The Balaban J connectivity index is 2.05. The van der Waals surface area contributed by atoms with E-state index in [1.807, 2.05) is 18.2 Å². The lowest BCUT2D eigenvalue weighted by molar-refractivity contribution is 0.114. The molecule has 1 atom stereocenters. The van der Waals surface area contributed by atoms with Crippen LogP contribution in [0.1, 0.15) is 44.2 Å². The van der Waals surface area contributed by atoms with Gasteiger partial charge in [-0.3, -0.25) is 0 Å². The van der Waals surface area contributed by atoms with Gasteiger partial charge in [0.2, 0.25) is 0 Å². The van der Waals surface area contributed by atoms with Crippen LogP contribution in [0.5, 0.6) is 11.5 Å². The largest absolute Gasteiger partial charge is 0.497 e. The van der Waals surface area contributed by atoms with Gasteiger partial charge in [0.1, 0.15) is 11.5 Å². The first-order valence-corrected chi connectivity index (χ1v) is 7.30. The zero-order valence-electron chi connectivity index (χ0n) is 12.6. The average molecular weight is 279 g/mol. The average Bonchev–Trinajstić information content (AvgIpc) is 2.48. The normalized spacial score (nSPS) is 24.2. The molecule has 0 bridgehead atoms. The van der Waals surface area contributed by atoms with E-state index in [1.54, 1.807) is 14.2 Å². The number of aliphatic hydroxyl groups excluding tert-OH is 1. The lowest BCUT2D eigenvalue weighted by Gasteiger charge is -2.29. The molecule has 20 heavy (non-hydrogen) atoms. The molecule has 1 aliphatic carbocycles. The number of nitrogens with one attached hydrogen (secondary N) is 1. The van der Waals surface area contributed by atoms with Gasteiger partial charge < -0.3 is 19.9 Å². The first-order valence-electron chi connectivity index (χ1n) is 7.30. The molecule has 1 aromatic carbocycles. The summed E-state index contributed by atoms with van der Waals surface area (Å²) in [6.45, 7) is 2.14. The van der Waals surface area contributed by atoms with Crippen molar-refractivity contribution in [2.45, 2.75) is 50.8 Å². The van der Waals surface area contributed by atoms with Gasteiger partial charge in [-0.25, -0.2) is 0 Å². The smallest absolute Gasteiger partial charge is 0.123 e. The highest BCUT2D eigenvalue weighted by atomic mass is 16.5. The highest BCUT2D eigenvalue weighted by molar-refractivity contribution is 5.42. The zero-order chi connectivity index (χ0) is 14.5. The van der Waals surface area contributed by atoms with Crippen molar-refractivity contribution in [3.05, 3.63) is 23.8 Å². The van der Waals surface area contributed by atoms with E-state index in [0.717, 1.165) is 42.7 Å². The van der Waals surface area contributed by atoms with Crippen molar-refractivity contribution >= 4 is 0 Å². The van der Waals surface area contributed by atoms with Gasteiger partial charge in [-0.05, 0) is 50.8 Å². The van der Waals surface area contributed by atoms with Crippen LogP contribution in [0, 0.1) is 0 Å². The van der Waals surface area contributed by atoms with E-state index in [2.05, 4.69) is 12.2 Å². The lowest BCUT2D eigenvalue weighted by Crippen LogP contribution is -2.36. The minimum absolute atomic E-state index is 0.116. The van der Waals surface area contributed by atoms with Crippen LogP contribution in [0.25, 0.3) is 0 Å². The third-order valence-electron chi connectivity index (χ3n) is 4.09. The standard InChI is InChI=1S/C16H25NO3/c1-11(17-12-4-6-13(18)7-5-12)15-10-14(19-2)8-9-16(15)20-3/h8-13,17-18H,4-7H2,1-3H3. The van der Waals surface area contributed by atoms with Gasteiger partial charge in [0, 0.05) is 17.6 Å². The minimum Gasteiger partial charge on any atom is -0.497 e. The molecule has 0 heterocycles. The van der Waals surface area contributed by atoms with Crippen molar-refractivity contribution in [1.82, 2.24) is 5.32 Å². The molecule has 0 saturated heterocycles. The van der Waals surface area contributed by atoms with Gasteiger partial charge in [0.15, 0.2) is 0 Å². The van der Waals surface area contributed by atoms with Crippen LogP contribution in [-0.4, -0.2) is 31.5 Å². The second-order valence-corrected chi connectivity index (χ2v) is 5.50. The van der Waals surface area contributed by atoms with E-state index in [4.69, 9.17) is 9.47 Å². The first-order chi connectivity index (χ1) is 9.63. The monoisotopic (exact) mass is 279 g/mol. The molecule has 1 aliphatic rings. The minimum atomic E-state index is -0.116. The van der Waals surface area contributed by atoms with Crippen LogP contribution in [0.2, 0.25) is 0 Å². The van der Waals surface area contributed by atoms with E-state index in [1.165, 1.54) is 0 Å². The number of hydrogen-bond acceptors (Lipinski definition) is 4. The molecular weight excluding hydrogens is 254 g/mol. The summed E-state index contributed by atoms with van der Waals surface area (Å²) in [6, 6.07) is 6.53. The fourth-order valence-corrected chi connectivity index (χ4v) is 2.86. The molecule has 2 rings (SSSR count). The van der Waals surface area contributed by atoms with Gasteiger partial charge in [0.25, 0.3) is 0 Å². The van der Waals surface area contributed by atoms with Crippen molar-refractivity contribution in [3.8, 4) is 11.5 Å². The molecule has 1 unspecified atom stereocenters. The van der Waals surface area contributed by atoms with E-state index < -0.39 is 0 Å². The lowest BCUT2D eigenvalue weighted by atomic mass is 9.92. The summed E-state index contributed by atoms with van der Waals surface area (Å²) < 4.78 is 10.7. The predicted octanol–water partition coefficient (Wildman–Crippen LogP) is 2.66. The third-order valence-corrected chi connectivity index (χ3v) is 4.09. The van der Waals surface area contributed by atoms with Gasteiger partial charge in [-0.1, -0.05) is 0 Å². The van der Waals surface area contributed by atoms with Crippen molar-refractivity contribution in [1.29, 1.82) is 0 Å². The quantitative estimate of drug-likeness (QED) is 0.870. The van der Waals surface area contributed by atoms with Crippen LogP contribution in [-0.2, 0) is 0 Å². The van der Waals surface area contributed by atoms with E-state index in [0.29, 0.717) is 6.04 Å². The summed E-state index contributed by atoms with van der Waals surface area (Å²) in [6.07, 6.45) is 3.71. The van der Waals surface area contributed by atoms with Crippen molar-refractivity contribution in [2.75, 3.05) is 14.2 Å². The highest BCUT2D eigenvalue weighted by Crippen LogP contribution is 2.30. The molecule has 2 N–H and O–H groups in total. The Morgan fingerprint density at radius 2 is 1.85 bits per heavy atom. The Hall–Kier alpha value is -1.26. The van der Waals surface area contributed by atoms with Gasteiger partial charge in [-0.15, -0.1) is 0 Å². The van der Waals surface area contributed by atoms with Crippen LogP contribution in [0.15, 0.2) is 18.2 Å². The molecule has 4 nitrogen and oxygen atoms in total. The SMILES string of the molecule is COc1ccc(OC)c(C(C)NC2CCC(O)CC2)c1. The van der Waals surface area contributed by atoms with Crippen LogP contribution >= 0.6 is 0 Å². The fourth-order valence-electron chi connectivity index (χ4n) is 2.86. The van der Waals surface area contributed by atoms with E-state index >= 15 is 0 Å². The molecule has 1 saturated carbocycles. The van der Waals surface area contributed by atoms with Gasteiger partial charge >= 0.3 is 0 Å². The molecule has 1 aromatic rings. The molecule has 4 heteroatoms. The molecule has 0 amide bonds. The molecule has 0 radical (unpaired) electrons. The Labute approximate surface area is 121 Å². The molecule has 112 valence electrons. The van der Waals surface area contributed by atoms with Gasteiger partial charge in [-0.2, -0.15) is 0 Å². The number of hydrogen-bond donors (Lipinski definition) is 2. The van der Waals surface area contributed by atoms with E-state index in [-0.39, 0.29) is 12.1 Å². The summed E-state index contributed by atoms with van der Waals surface area (Å²) in [5, 5.41) is 13.2. The Kier molecular flexibility index (Phi) is 5.26. The Bertz CT molecular complexity index is 428.